The van der Waals surface area contributed by atoms with Crippen molar-refractivity contribution in [3.05, 3.63) is 12.3 Å². The molecule has 0 heterocycles. The molecule has 0 rings (SSSR count). The third kappa shape index (κ3) is 5.37. The van der Waals surface area contributed by atoms with Crippen LogP contribution < -0.4 is 10.6 Å². The zero-order chi connectivity index (χ0) is 7.11. The number of likely N-dealkylation sites (N-methyl/N-ethyl adjacent to an activating group) is 1. The van der Waals surface area contributed by atoms with E-state index >= 15 is 0 Å². The van der Waals surface area contributed by atoms with Crippen molar-refractivity contribution in [2.75, 3.05) is 20.1 Å². The first-order chi connectivity index (χ1) is 4.31. The van der Waals surface area contributed by atoms with Crippen molar-refractivity contribution in [2.24, 2.45) is 0 Å². The van der Waals surface area contributed by atoms with Gasteiger partial charge in [-0.3, -0.25) is 0 Å². The van der Waals surface area contributed by atoms with Crippen LogP contribution in [-0.4, -0.2) is 20.1 Å². The molecule has 0 atom stereocenters. The summed E-state index contributed by atoms with van der Waals surface area (Å²) in [4.78, 5) is 0. The molecule has 0 fully saturated rings. The van der Waals surface area contributed by atoms with Crippen molar-refractivity contribution in [2.45, 2.75) is 13.3 Å². The Balaban J connectivity index is 2.97. The Kier molecular flexibility index (Phi) is 5.32. The number of hydrogen-bond donors (Lipinski definition) is 2. The van der Waals surface area contributed by atoms with Crippen LogP contribution in [0.2, 0.25) is 0 Å². The topological polar surface area (TPSA) is 24.1 Å². The first-order valence-corrected chi connectivity index (χ1v) is 3.37. The Hall–Kier alpha value is -0.500. The maximum Gasteiger partial charge on any atom is 0.0268 e. The van der Waals surface area contributed by atoms with Gasteiger partial charge in [-0.1, -0.05) is 13.5 Å². The molecule has 9 heavy (non-hydrogen) atoms. The SMILES string of the molecule is C=C(CC)NCCNC. The highest BCUT2D eigenvalue weighted by Crippen LogP contribution is 1.87. The van der Waals surface area contributed by atoms with Crippen molar-refractivity contribution in [3.8, 4) is 0 Å². The third-order valence-electron chi connectivity index (χ3n) is 1.18. The van der Waals surface area contributed by atoms with E-state index < -0.39 is 0 Å². The highest BCUT2D eigenvalue weighted by Gasteiger charge is 1.84. The van der Waals surface area contributed by atoms with E-state index in [1.807, 2.05) is 7.05 Å². The Morgan fingerprint density at radius 3 is 2.56 bits per heavy atom. The van der Waals surface area contributed by atoms with Crippen LogP contribution >= 0.6 is 0 Å². The lowest BCUT2D eigenvalue weighted by atomic mass is 10.4. The Labute approximate surface area is 57.3 Å². The molecule has 0 spiro atoms. The lowest BCUT2D eigenvalue weighted by Crippen LogP contribution is -2.23. The molecule has 0 unspecified atom stereocenters. The molecule has 0 aromatic heterocycles. The number of allylic oxidation sites excluding steroid dienone is 1. The van der Waals surface area contributed by atoms with Gasteiger partial charge in [-0.15, -0.1) is 0 Å². The molecule has 0 amide bonds. The smallest absolute Gasteiger partial charge is 0.0268 e. The van der Waals surface area contributed by atoms with Gasteiger partial charge in [-0.2, -0.15) is 0 Å². The summed E-state index contributed by atoms with van der Waals surface area (Å²) in [6.45, 7) is 7.87. The van der Waals surface area contributed by atoms with Gasteiger partial charge in [0.15, 0.2) is 0 Å². The van der Waals surface area contributed by atoms with E-state index in [2.05, 4.69) is 24.1 Å². The molecule has 0 aromatic carbocycles. The summed E-state index contributed by atoms with van der Waals surface area (Å²) in [5.74, 6) is 0. The second-order valence-corrected chi connectivity index (χ2v) is 1.99. The maximum absolute atomic E-state index is 3.81. The molecule has 0 aliphatic heterocycles. The number of nitrogens with one attached hydrogen (secondary N) is 2. The van der Waals surface area contributed by atoms with Gasteiger partial charge in [0, 0.05) is 18.8 Å². The standard InChI is InChI=1S/C7H16N2/c1-4-7(2)9-6-5-8-3/h8-9H,2,4-6H2,1,3H3. The second kappa shape index (κ2) is 5.63. The van der Waals surface area contributed by atoms with Crippen LogP contribution in [-0.2, 0) is 0 Å². The van der Waals surface area contributed by atoms with Gasteiger partial charge >= 0.3 is 0 Å². The van der Waals surface area contributed by atoms with E-state index in [1.54, 1.807) is 0 Å². The van der Waals surface area contributed by atoms with Crippen molar-refractivity contribution < 1.29 is 0 Å². The first kappa shape index (κ1) is 8.50. The Morgan fingerprint density at radius 2 is 2.11 bits per heavy atom. The minimum Gasteiger partial charge on any atom is -0.388 e. The molecule has 0 radical (unpaired) electrons. The van der Waals surface area contributed by atoms with Crippen LogP contribution in [0.1, 0.15) is 13.3 Å². The number of rotatable bonds is 5. The predicted octanol–water partition coefficient (Wildman–Crippen LogP) is 0.719. The minimum absolute atomic E-state index is 0.975. The second-order valence-electron chi connectivity index (χ2n) is 1.99. The van der Waals surface area contributed by atoms with Crippen LogP contribution in [0.4, 0.5) is 0 Å². The zero-order valence-corrected chi connectivity index (χ0v) is 6.33. The molecule has 2 N–H and O–H groups in total. The van der Waals surface area contributed by atoms with Gasteiger partial charge in [0.1, 0.15) is 0 Å². The molecule has 2 heteroatoms. The molecule has 2 nitrogen and oxygen atoms in total. The summed E-state index contributed by atoms with van der Waals surface area (Å²) in [6, 6.07) is 0. The van der Waals surface area contributed by atoms with Crippen LogP contribution in [0, 0.1) is 0 Å². The summed E-state index contributed by atoms with van der Waals surface area (Å²) in [7, 11) is 1.94. The lowest BCUT2D eigenvalue weighted by molar-refractivity contribution is 0.703. The molecule has 54 valence electrons. The van der Waals surface area contributed by atoms with Crippen molar-refractivity contribution in [3.63, 3.8) is 0 Å². The van der Waals surface area contributed by atoms with Crippen LogP contribution in [0.5, 0.6) is 0 Å². The molecular formula is C7H16N2. The third-order valence-corrected chi connectivity index (χ3v) is 1.18. The summed E-state index contributed by atoms with van der Waals surface area (Å²) in [5, 5.41) is 6.22. The Morgan fingerprint density at radius 1 is 1.44 bits per heavy atom. The molecule has 0 aromatic rings. The van der Waals surface area contributed by atoms with Gasteiger partial charge in [-0.05, 0) is 13.5 Å². The van der Waals surface area contributed by atoms with Crippen LogP contribution in [0.15, 0.2) is 12.3 Å². The first-order valence-electron chi connectivity index (χ1n) is 3.37. The molecule has 0 aliphatic rings. The molecular weight excluding hydrogens is 112 g/mol. The van der Waals surface area contributed by atoms with Gasteiger partial charge < -0.3 is 10.6 Å². The fraction of sp³-hybridized carbons (Fsp3) is 0.714. The minimum atomic E-state index is 0.975. The summed E-state index contributed by atoms with van der Waals surface area (Å²) >= 11 is 0. The van der Waals surface area contributed by atoms with Crippen LogP contribution in [0.3, 0.4) is 0 Å². The highest BCUT2D eigenvalue weighted by atomic mass is 14.9. The van der Waals surface area contributed by atoms with Gasteiger partial charge in [-0.25, -0.2) is 0 Å². The van der Waals surface area contributed by atoms with E-state index in [4.69, 9.17) is 0 Å². The van der Waals surface area contributed by atoms with Gasteiger partial charge in [0.2, 0.25) is 0 Å². The summed E-state index contributed by atoms with van der Waals surface area (Å²) in [6.07, 6.45) is 1.02. The zero-order valence-electron chi connectivity index (χ0n) is 6.33. The normalized spacial score (nSPS) is 9.11. The van der Waals surface area contributed by atoms with Crippen molar-refractivity contribution >= 4 is 0 Å². The fourth-order valence-electron chi connectivity index (χ4n) is 0.489. The van der Waals surface area contributed by atoms with Gasteiger partial charge in [0.05, 0.1) is 0 Å². The summed E-state index contributed by atoms with van der Waals surface area (Å²) < 4.78 is 0. The van der Waals surface area contributed by atoms with E-state index in [0.717, 1.165) is 25.2 Å². The Bertz CT molecular complexity index is 79.0. The van der Waals surface area contributed by atoms with Gasteiger partial charge in [0.25, 0.3) is 0 Å². The van der Waals surface area contributed by atoms with E-state index in [1.165, 1.54) is 0 Å². The van der Waals surface area contributed by atoms with Crippen molar-refractivity contribution in [1.82, 2.24) is 10.6 Å². The van der Waals surface area contributed by atoms with E-state index in [9.17, 15) is 0 Å². The highest BCUT2D eigenvalue weighted by molar-refractivity contribution is 4.88. The monoisotopic (exact) mass is 128 g/mol. The lowest BCUT2D eigenvalue weighted by Gasteiger charge is -2.05. The average molecular weight is 128 g/mol. The predicted molar refractivity (Wildman–Crippen MR) is 41.4 cm³/mol. The number of hydrogen-bond acceptors (Lipinski definition) is 2. The van der Waals surface area contributed by atoms with E-state index in [0.29, 0.717) is 0 Å². The van der Waals surface area contributed by atoms with E-state index in [-0.39, 0.29) is 0 Å². The largest absolute Gasteiger partial charge is 0.388 e. The molecule has 0 bridgehead atoms. The quantitative estimate of drug-likeness (QED) is 0.533. The maximum atomic E-state index is 3.81. The average Bonchev–Trinajstić information content (AvgIpc) is 1.89. The fourth-order valence-corrected chi connectivity index (χ4v) is 0.489. The molecule has 0 aliphatic carbocycles. The molecule has 0 saturated carbocycles. The van der Waals surface area contributed by atoms with Crippen LogP contribution in [0.25, 0.3) is 0 Å². The van der Waals surface area contributed by atoms with Crippen molar-refractivity contribution in [1.29, 1.82) is 0 Å². The summed E-state index contributed by atoms with van der Waals surface area (Å²) in [5.41, 5.74) is 1.12. The molecule has 0 saturated heterocycles.